The topological polar surface area (TPSA) is 75.7 Å². The number of hydrogen-bond acceptors (Lipinski definition) is 4. The third-order valence-corrected chi connectivity index (χ3v) is 6.21. The van der Waals surface area contributed by atoms with Crippen LogP contribution in [-0.2, 0) is 10.0 Å². The van der Waals surface area contributed by atoms with Crippen LogP contribution in [0.4, 0.5) is 4.39 Å². The first-order valence-electron chi connectivity index (χ1n) is 7.60. The molecule has 26 heavy (non-hydrogen) atoms. The van der Waals surface area contributed by atoms with Gasteiger partial charge in [-0.05, 0) is 46.3 Å². The number of hydrogen-bond donors (Lipinski definition) is 1. The fraction of sp³-hybridized carbons (Fsp3) is 0.235. The van der Waals surface area contributed by atoms with Crippen LogP contribution in [0.5, 0.6) is 5.75 Å². The van der Waals surface area contributed by atoms with Gasteiger partial charge in [0.25, 0.3) is 5.91 Å². The van der Waals surface area contributed by atoms with Crippen molar-refractivity contribution in [3.63, 3.8) is 0 Å². The van der Waals surface area contributed by atoms with E-state index in [0.29, 0.717) is 10.2 Å². The summed E-state index contributed by atoms with van der Waals surface area (Å²) < 4.78 is 44.4. The van der Waals surface area contributed by atoms with E-state index in [-0.39, 0.29) is 23.6 Å². The third kappa shape index (κ3) is 5.03. The summed E-state index contributed by atoms with van der Waals surface area (Å²) in [6.45, 7) is 0.329. The maximum atomic E-state index is 13.0. The summed E-state index contributed by atoms with van der Waals surface area (Å²) in [5, 5.41) is 2.63. The summed E-state index contributed by atoms with van der Waals surface area (Å²) in [5.74, 6) is -0.478. The molecule has 0 aliphatic rings. The lowest BCUT2D eigenvalue weighted by molar-refractivity contribution is 0.0946. The SMILES string of the molecule is CN(C)S(=O)(=O)c1cc(C(=O)NCCOc2cccc(F)c2)ccc1Br. The van der Waals surface area contributed by atoms with Crippen LogP contribution in [0.25, 0.3) is 0 Å². The number of carbonyl (C=O) groups is 1. The maximum Gasteiger partial charge on any atom is 0.251 e. The standard InChI is InChI=1S/C17H18BrFN2O4S/c1-21(2)26(23,24)16-10-12(6-7-15(16)18)17(22)20-8-9-25-14-5-3-4-13(19)11-14/h3-7,10-11H,8-9H2,1-2H3,(H,20,22). The average molecular weight is 445 g/mol. The monoisotopic (exact) mass is 444 g/mol. The number of ether oxygens (including phenoxy) is 1. The van der Waals surface area contributed by atoms with E-state index in [1.165, 1.54) is 50.5 Å². The zero-order valence-corrected chi connectivity index (χ0v) is 16.6. The van der Waals surface area contributed by atoms with Crippen LogP contribution in [0.2, 0.25) is 0 Å². The molecule has 0 aliphatic carbocycles. The predicted molar refractivity (Wildman–Crippen MR) is 99.2 cm³/mol. The predicted octanol–water partition coefficient (Wildman–Crippen LogP) is 2.65. The summed E-state index contributed by atoms with van der Waals surface area (Å²) in [7, 11) is -0.853. The van der Waals surface area contributed by atoms with Crippen molar-refractivity contribution in [1.29, 1.82) is 0 Å². The molecule has 1 N–H and O–H groups in total. The summed E-state index contributed by atoms with van der Waals surface area (Å²) in [6, 6.07) is 10.0. The second kappa shape index (κ2) is 8.61. The van der Waals surface area contributed by atoms with Crippen molar-refractivity contribution in [2.24, 2.45) is 0 Å². The van der Waals surface area contributed by atoms with Gasteiger partial charge in [-0.3, -0.25) is 4.79 Å². The second-order valence-corrected chi connectivity index (χ2v) is 8.47. The van der Waals surface area contributed by atoms with Gasteiger partial charge in [0.2, 0.25) is 10.0 Å². The first-order chi connectivity index (χ1) is 12.2. The Morgan fingerprint density at radius 3 is 2.62 bits per heavy atom. The Bertz CT molecular complexity index is 903. The van der Waals surface area contributed by atoms with Crippen molar-refractivity contribution < 1.29 is 22.3 Å². The van der Waals surface area contributed by atoms with Gasteiger partial charge in [-0.25, -0.2) is 17.1 Å². The Labute approximate surface area is 160 Å². The number of nitrogens with zero attached hydrogens (tertiary/aromatic N) is 1. The lowest BCUT2D eigenvalue weighted by atomic mass is 10.2. The molecule has 0 heterocycles. The molecule has 2 aromatic carbocycles. The zero-order valence-electron chi connectivity index (χ0n) is 14.2. The van der Waals surface area contributed by atoms with Gasteiger partial charge in [0.15, 0.2) is 0 Å². The van der Waals surface area contributed by atoms with Crippen LogP contribution >= 0.6 is 15.9 Å². The minimum atomic E-state index is -3.68. The second-order valence-electron chi connectivity index (χ2n) is 5.49. The first-order valence-corrected chi connectivity index (χ1v) is 9.84. The van der Waals surface area contributed by atoms with Gasteiger partial charge in [0.05, 0.1) is 11.4 Å². The van der Waals surface area contributed by atoms with E-state index in [0.717, 1.165) is 4.31 Å². The van der Waals surface area contributed by atoms with E-state index in [1.807, 2.05) is 0 Å². The molecule has 140 valence electrons. The van der Waals surface area contributed by atoms with Gasteiger partial charge >= 0.3 is 0 Å². The summed E-state index contributed by atoms with van der Waals surface area (Å²) in [4.78, 5) is 12.2. The van der Waals surface area contributed by atoms with E-state index >= 15 is 0 Å². The molecule has 0 saturated heterocycles. The molecule has 0 fully saturated rings. The number of rotatable bonds is 7. The highest BCUT2D eigenvalue weighted by molar-refractivity contribution is 9.10. The van der Waals surface area contributed by atoms with Crippen LogP contribution in [0.3, 0.4) is 0 Å². The van der Waals surface area contributed by atoms with Crippen molar-refractivity contribution in [3.8, 4) is 5.75 Å². The van der Waals surface area contributed by atoms with Crippen LogP contribution in [0.15, 0.2) is 51.8 Å². The highest BCUT2D eigenvalue weighted by Gasteiger charge is 2.22. The molecule has 0 saturated carbocycles. The summed E-state index contributed by atoms with van der Waals surface area (Å²) in [5.41, 5.74) is 0.208. The molecule has 1 amide bonds. The van der Waals surface area contributed by atoms with Gasteiger partial charge in [-0.2, -0.15) is 0 Å². The largest absolute Gasteiger partial charge is 0.492 e. The van der Waals surface area contributed by atoms with Gasteiger partial charge < -0.3 is 10.1 Å². The Balaban J connectivity index is 1.99. The Hall–Kier alpha value is -1.97. The van der Waals surface area contributed by atoms with Gasteiger partial charge in [0.1, 0.15) is 18.2 Å². The van der Waals surface area contributed by atoms with E-state index in [1.54, 1.807) is 6.07 Å². The molecular weight excluding hydrogens is 427 g/mol. The zero-order chi connectivity index (χ0) is 19.3. The molecule has 0 bridgehead atoms. The molecule has 0 spiro atoms. The van der Waals surface area contributed by atoms with E-state index in [2.05, 4.69) is 21.2 Å². The lowest BCUT2D eigenvalue weighted by Gasteiger charge is -2.14. The Morgan fingerprint density at radius 1 is 1.23 bits per heavy atom. The Kier molecular flexibility index (Phi) is 6.74. The minimum absolute atomic E-state index is 0.00570. The van der Waals surface area contributed by atoms with Gasteiger partial charge in [-0.1, -0.05) is 6.07 Å². The number of benzene rings is 2. The van der Waals surface area contributed by atoms with E-state index in [9.17, 15) is 17.6 Å². The molecule has 0 aromatic heterocycles. The average Bonchev–Trinajstić information content (AvgIpc) is 2.58. The molecular formula is C17H18BrFN2O4S. The van der Waals surface area contributed by atoms with E-state index < -0.39 is 21.7 Å². The van der Waals surface area contributed by atoms with Gasteiger partial charge in [-0.15, -0.1) is 0 Å². The highest BCUT2D eigenvalue weighted by atomic mass is 79.9. The van der Waals surface area contributed by atoms with Crippen LogP contribution in [-0.4, -0.2) is 45.9 Å². The number of amides is 1. The first kappa shape index (κ1) is 20.3. The van der Waals surface area contributed by atoms with Crippen LogP contribution < -0.4 is 10.1 Å². The molecule has 9 heteroatoms. The van der Waals surface area contributed by atoms with E-state index in [4.69, 9.17) is 4.74 Å². The van der Waals surface area contributed by atoms with Crippen LogP contribution in [0.1, 0.15) is 10.4 Å². The molecule has 6 nitrogen and oxygen atoms in total. The number of nitrogens with one attached hydrogen (secondary N) is 1. The normalized spacial score (nSPS) is 11.4. The summed E-state index contributed by atoms with van der Waals surface area (Å²) in [6.07, 6.45) is 0. The molecule has 0 aliphatic heterocycles. The Morgan fingerprint density at radius 2 is 1.96 bits per heavy atom. The summed E-state index contributed by atoms with van der Waals surface area (Å²) >= 11 is 3.19. The maximum absolute atomic E-state index is 13.0. The van der Waals surface area contributed by atoms with Gasteiger partial charge in [0, 0.05) is 30.2 Å². The minimum Gasteiger partial charge on any atom is -0.492 e. The fourth-order valence-electron chi connectivity index (χ4n) is 2.03. The molecule has 0 radical (unpaired) electrons. The number of halogens is 2. The van der Waals surface area contributed by atoms with Crippen molar-refractivity contribution in [2.45, 2.75) is 4.90 Å². The van der Waals surface area contributed by atoms with Crippen molar-refractivity contribution >= 4 is 31.9 Å². The number of carbonyl (C=O) groups excluding carboxylic acids is 1. The number of sulfonamides is 1. The van der Waals surface area contributed by atoms with Crippen molar-refractivity contribution in [1.82, 2.24) is 9.62 Å². The molecule has 0 unspecified atom stereocenters. The fourth-order valence-corrected chi connectivity index (χ4v) is 3.88. The quantitative estimate of drug-likeness (QED) is 0.665. The molecule has 2 rings (SSSR count). The highest BCUT2D eigenvalue weighted by Crippen LogP contribution is 2.25. The molecule has 0 atom stereocenters. The third-order valence-electron chi connectivity index (χ3n) is 3.40. The van der Waals surface area contributed by atoms with Crippen molar-refractivity contribution in [3.05, 3.63) is 58.3 Å². The molecule has 2 aromatic rings. The lowest BCUT2D eigenvalue weighted by Crippen LogP contribution is -2.28. The smallest absolute Gasteiger partial charge is 0.251 e. The van der Waals surface area contributed by atoms with Crippen molar-refractivity contribution in [2.75, 3.05) is 27.2 Å². The van der Waals surface area contributed by atoms with Crippen LogP contribution in [0, 0.1) is 5.82 Å².